The number of fused-ring (bicyclic) bond motifs is 2. The topological polar surface area (TPSA) is 67.9 Å². The molecule has 6 nitrogen and oxygen atoms in total. The van der Waals surface area contributed by atoms with Crippen LogP contribution in [0.5, 0.6) is 11.5 Å². The van der Waals surface area contributed by atoms with Gasteiger partial charge in [0.15, 0.2) is 11.5 Å². The second-order valence-electron chi connectivity index (χ2n) is 8.66. The average molecular weight is 421 g/mol. The number of ether oxygens (including phenoxy) is 2. The summed E-state index contributed by atoms with van der Waals surface area (Å²) in [6.45, 7) is 0.548. The Bertz CT molecular complexity index is 981. The van der Waals surface area contributed by atoms with Gasteiger partial charge in [-0.3, -0.25) is 9.59 Å². The van der Waals surface area contributed by atoms with E-state index in [9.17, 15) is 9.59 Å². The van der Waals surface area contributed by atoms with Crippen molar-refractivity contribution in [3.63, 3.8) is 0 Å². The molecule has 2 aliphatic heterocycles. The molecule has 1 fully saturated rings. The van der Waals surface area contributed by atoms with E-state index in [1.807, 2.05) is 42.5 Å². The molecule has 2 aromatic rings. The zero-order valence-corrected chi connectivity index (χ0v) is 17.6. The summed E-state index contributed by atoms with van der Waals surface area (Å²) >= 11 is 0. The second kappa shape index (κ2) is 8.61. The van der Waals surface area contributed by atoms with Gasteiger partial charge in [-0.25, -0.2) is 0 Å². The van der Waals surface area contributed by atoms with Gasteiger partial charge < -0.3 is 19.7 Å². The highest BCUT2D eigenvalue weighted by Crippen LogP contribution is 2.37. The van der Waals surface area contributed by atoms with Crippen molar-refractivity contribution in [2.24, 2.45) is 0 Å². The number of carbonyl (C=O) groups excluding carboxylic acids is 2. The summed E-state index contributed by atoms with van der Waals surface area (Å²) in [6, 6.07) is 12.7. The molecule has 2 amide bonds. The van der Waals surface area contributed by atoms with Crippen molar-refractivity contribution in [2.75, 3.05) is 6.79 Å². The maximum atomic E-state index is 13.5. The lowest BCUT2D eigenvalue weighted by atomic mass is 9.96. The third kappa shape index (κ3) is 3.99. The van der Waals surface area contributed by atoms with Crippen LogP contribution in [-0.2, 0) is 11.3 Å². The van der Waals surface area contributed by atoms with Crippen molar-refractivity contribution < 1.29 is 19.1 Å². The highest BCUT2D eigenvalue weighted by atomic mass is 16.7. The van der Waals surface area contributed by atoms with E-state index in [2.05, 4.69) is 5.32 Å². The van der Waals surface area contributed by atoms with Gasteiger partial charge in [-0.05, 0) is 42.2 Å². The molecule has 1 aliphatic carbocycles. The molecule has 2 heterocycles. The number of carbonyl (C=O) groups is 2. The van der Waals surface area contributed by atoms with Crippen molar-refractivity contribution in [1.29, 1.82) is 0 Å². The normalized spacial score (nSPS) is 20.8. The smallest absolute Gasteiger partial charge is 0.255 e. The molecular formula is C25H28N2O4. The Balaban J connectivity index is 1.39. The maximum absolute atomic E-state index is 13.5. The van der Waals surface area contributed by atoms with Gasteiger partial charge >= 0.3 is 0 Å². The monoisotopic (exact) mass is 420 g/mol. The molecule has 1 N–H and O–H groups in total. The number of hydrogen-bond acceptors (Lipinski definition) is 4. The zero-order valence-electron chi connectivity index (χ0n) is 17.6. The van der Waals surface area contributed by atoms with Crippen LogP contribution in [0.2, 0.25) is 0 Å². The lowest BCUT2D eigenvalue weighted by Gasteiger charge is -2.28. The highest BCUT2D eigenvalue weighted by Gasteiger charge is 2.41. The molecule has 0 spiro atoms. The van der Waals surface area contributed by atoms with Gasteiger partial charge in [0.05, 0.1) is 0 Å². The minimum absolute atomic E-state index is 0.0791. The van der Waals surface area contributed by atoms with Crippen LogP contribution in [0.1, 0.15) is 72.5 Å². The van der Waals surface area contributed by atoms with Gasteiger partial charge in [0, 0.05) is 18.2 Å². The molecule has 5 rings (SSSR count). The Morgan fingerprint density at radius 1 is 0.968 bits per heavy atom. The predicted octanol–water partition coefficient (Wildman–Crippen LogP) is 4.34. The first-order chi connectivity index (χ1) is 15.2. The Labute approximate surface area is 182 Å². The summed E-state index contributed by atoms with van der Waals surface area (Å²) in [4.78, 5) is 28.4. The predicted molar refractivity (Wildman–Crippen MR) is 116 cm³/mol. The third-order valence-corrected chi connectivity index (χ3v) is 6.55. The van der Waals surface area contributed by atoms with Crippen LogP contribution in [0.25, 0.3) is 0 Å². The van der Waals surface area contributed by atoms with Crippen LogP contribution >= 0.6 is 0 Å². The number of benzene rings is 2. The largest absolute Gasteiger partial charge is 0.454 e. The van der Waals surface area contributed by atoms with E-state index >= 15 is 0 Å². The summed E-state index contributed by atoms with van der Waals surface area (Å²) in [5.41, 5.74) is 2.31. The van der Waals surface area contributed by atoms with Gasteiger partial charge in [0.2, 0.25) is 12.7 Å². The molecule has 0 unspecified atom stereocenters. The first kappa shape index (κ1) is 19.9. The van der Waals surface area contributed by atoms with Crippen molar-refractivity contribution in [2.45, 2.75) is 63.6 Å². The van der Waals surface area contributed by atoms with Crippen LogP contribution < -0.4 is 14.8 Å². The standard InChI is InChI=1S/C25H28N2O4/c28-24(26-18-8-4-2-1-3-5-9-18)23-19-10-6-7-11-20(19)25(29)27(23)15-17-12-13-21-22(14-17)31-16-30-21/h6-7,10-14,18,23H,1-5,8-9,15-16H2,(H,26,28)/t23-/m1/s1. The third-order valence-electron chi connectivity index (χ3n) is 6.55. The summed E-state index contributed by atoms with van der Waals surface area (Å²) in [6.07, 6.45) is 8.06. The molecule has 3 aliphatic rings. The highest BCUT2D eigenvalue weighted by molar-refractivity contribution is 6.04. The number of nitrogens with one attached hydrogen (secondary N) is 1. The van der Waals surface area contributed by atoms with Gasteiger partial charge in [-0.15, -0.1) is 0 Å². The maximum Gasteiger partial charge on any atom is 0.255 e. The van der Waals surface area contributed by atoms with Crippen molar-refractivity contribution in [1.82, 2.24) is 10.2 Å². The first-order valence-electron chi connectivity index (χ1n) is 11.3. The quantitative estimate of drug-likeness (QED) is 0.799. The van der Waals surface area contributed by atoms with Crippen LogP contribution in [0.4, 0.5) is 0 Å². The van der Waals surface area contributed by atoms with E-state index in [1.165, 1.54) is 19.3 Å². The summed E-state index contributed by atoms with van der Waals surface area (Å²) in [5.74, 6) is 1.20. The molecule has 1 saturated carbocycles. The average Bonchev–Trinajstić information content (AvgIpc) is 3.33. The number of hydrogen-bond donors (Lipinski definition) is 1. The van der Waals surface area contributed by atoms with Crippen molar-refractivity contribution >= 4 is 11.8 Å². The summed E-state index contributed by atoms with van der Waals surface area (Å²) in [5, 5.41) is 3.27. The zero-order chi connectivity index (χ0) is 21.2. The molecular weight excluding hydrogens is 392 g/mol. The fourth-order valence-electron chi connectivity index (χ4n) is 4.93. The van der Waals surface area contributed by atoms with Gasteiger partial charge in [-0.2, -0.15) is 0 Å². The summed E-state index contributed by atoms with van der Waals surface area (Å²) < 4.78 is 10.9. The molecule has 6 heteroatoms. The molecule has 162 valence electrons. The van der Waals surface area contributed by atoms with Crippen LogP contribution in [0.15, 0.2) is 42.5 Å². The van der Waals surface area contributed by atoms with Gasteiger partial charge in [0.1, 0.15) is 6.04 Å². The fourth-order valence-corrected chi connectivity index (χ4v) is 4.93. The Kier molecular flexibility index (Phi) is 5.53. The first-order valence-corrected chi connectivity index (χ1v) is 11.3. The SMILES string of the molecule is O=C(NC1CCCCCCC1)[C@H]1c2ccccc2C(=O)N1Cc1ccc2c(c1)OCO2. The lowest BCUT2D eigenvalue weighted by molar-refractivity contribution is -0.126. The Hall–Kier alpha value is -3.02. The Morgan fingerprint density at radius 2 is 1.71 bits per heavy atom. The van der Waals surface area contributed by atoms with Crippen LogP contribution in [0.3, 0.4) is 0 Å². The number of rotatable bonds is 4. The van der Waals surface area contributed by atoms with E-state index in [1.54, 1.807) is 4.90 Å². The number of amides is 2. The molecule has 31 heavy (non-hydrogen) atoms. The Morgan fingerprint density at radius 3 is 2.55 bits per heavy atom. The number of nitrogens with zero attached hydrogens (tertiary/aromatic N) is 1. The molecule has 1 atom stereocenters. The second-order valence-corrected chi connectivity index (χ2v) is 8.66. The van der Waals surface area contributed by atoms with Gasteiger partial charge in [-0.1, -0.05) is 56.4 Å². The lowest BCUT2D eigenvalue weighted by Crippen LogP contribution is -2.43. The van der Waals surface area contributed by atoms with Crippen LogP contribution in [0, 0.1) is 0 Å². The molecule has 0 saturated heterocycles. The van der Waals surface area contributed by atoms with E-state index < -0.39 is 6.04 Å². The van der Waals surface area contributed by atoms with E-state index in [0.29, 0.717) is 23.6 Å². The molecule has 0 aromatic heterocycles. The van der Waals surface area contributed by atoms with E-state index in [4.69, 9.17) is 9.47 Å². The van der Waals surface area contributed by atoms with Crippen molar-refractivity contribution in [3.05, 3.63) is 59.2 Å². The fraction of sp³-hybridized carbons (Fsp3) is 0.440. The van der Waals surface area contributed by atoms with Crippen molar-refractivity contribution in [3.8, 4) is 11.5 Å². The van der Waals surface area contributed by atoms with Crippen LogP contribution in [-0.4, -0.2) is 29.5 Å². The molecule has 2 aromatic carbocycles. The molecule has 0 bridgehead atoms. The minimum Gasteiger partial charge on any atom is -0.454 e. The van der Waals surface area contributed by atoms with E-state index in [-0.39, 0.29) is 24.6 Å². The minimum atomic E-state index is -0.612. The molecule has 0 radical (unpaired) electrons. The van der Waals surface area contributed by atoms with Gasteiger partial charge in [0.25, 0.3) is 5.91 Å². The summed E-state index contributed by atoms with van der Waals surface area (Å²) in [7, 11) is 0. The van der Waals surface area contributed by atoms with E-state index in [0.717, 1.165) is 36.8 Å².